The molecule has 1 aromatic carbocycles. The van der Waals surface area contributed by atoms with E-state index in [0.29, 0.717) is 12.4 Å². The van der Waals surface area contributed by atoms with Crippen molar-refractivity contribution >= 4 is 28.0 Å². The highest BCUT2D eigenvalue weighted by molar-refractivity contribution is 9.10. The van der Waals surface area contributed by atoms with Crippen LogP contribution < -0.4 is 4.74 Å². The third-order valence-corrected chi connectivity index (χ3v) is 2.32. The van der Waals surface area contributed by atoms with E-state index >= 15 is 0 Å². The van der Waals surface area contributed by atoms with Gasteiger partial charge >= 0.3 is 5.97 Å². The Balaban J connectivity index is 3.05. The van der Waals surface area contributed by atoms with Crippen LogP contribution in [0.3, 0.4) is 0 Å². The number of carbonyl (C=O) groups is 1. The zero-order valence-corrected chi connectivity index (χ0v) is 9.82. The smallest absolute Gasteiger partial charge is 0.328 e. The van der Waals surface area contributed by atoms with E-state index in [1.165, 1.54) is 6.08 Å². The Hall–Kier alpha value is -1.29. The van der Waals surface area contributed by atoms with Gasteiger partial charge in [0.1, 0.15) is 5.75 Å². The van der Waals surface area contributed by atoms with Crippen molar-refractivity contribution in [3.8, 4) is 5.75 Å². The molecular formula is C11H11BrO3. The molecule has 1 rings (SSSR count). The molecule has 0 bridgehead atoms. The number of para-hydroxylation sites is 1. The van der Waals surface area contributed by atoms with Crippen LogP contribution in [0, 0.1) is 0 Å². The Morgan fingerprint density at radius 2 is 2.33 bits per heavy atom. The molecule has 4 heteroatoms. The number of carboxylic acids is 1. The summed E-state index contributed by atoms with van der Waals surface area (Å²) < 4.78 is 6.23. The van der Waals surface area contributed by atoms with Crippen LogP contribution in [0.1, 0.15) is 12.5 Å². The lowest BCUT2D eigenvalue weighted by Gasteiger charge is -2.08. The first-order valence-corrected chi connectivity index (χ1v) is 5.26. The molecule has 0 heterocycles. The highest BCUT2D eigenvalue weighted by Crippen LogP contribution is 2.29. The van der Waals surface area contributed by atoms with E-state index in [-0.39, 0.29) is 0 Å². The molecule has 1 N–H and O–H groups in total. The van der Waals surface area contributed by atoms with Gasteiger partial charge in [0, 0.05) is 11.6 Å². The first kappa shape index (κ1) is 11.8. The molecular weight excluding hydrogens is 260 g/mol. The molecule has 0 radical (unpaired) electrons. The van der Waals surface area contributed by atoms with Crippen molar-refractivity contribution < 1.29 is 14.6 Å². The van der Waals surface area contributed by atoms with Crippen molar-refractivity contribution in [2.24, 2.45) is 0 Å². The molecule has 0 aliphatic rings. The third-order valence-electron chi connectivity index (χ3n) is 1.69. The van der Waals surface area contributed by atoms with Crippen molar-refractivity contribution in [1.29, 1.82) is 0 Å². The summed E-state index contributed by atoms with van der Waals surface area (Å²) in [5.41, 5.74) is 0.744. The molecule has 0 aliphatic carbocycles. The maximum Gasteiger partial charge on any atom is 0.328 e. The number of hydrogen-bond acceptors (Lipinski definition) is 2. The SMILES string of the molecule is CCOc1c(Br)cccc1C=CC(=O)O. The first-order chi connectivity index (χ1) is 7.15. The maximum atomic E-state index is 10.4. The zero-order valence-electron chi connectivity index (χ0n) is 8.24. The van der Waals surface area contributed by atoms with Gasteiger partial charge < -0.3 is 9.84 Å². The number of aliphatic carboxylic acids is 1. The lowest BCUT2D eigenvalue weighted by molar-refractivity contribution is -0.131. The molecule has 0 unspecified atom stereocenters. The number of hydrogen-bond donors (Lipinski definition) is 1. The molecule has 0 atom stereocenters. The van der Waals surface area contributed by atoms with E-state index in [0.717, 1.165) is 16.1 Å². The lowest BCUT2D eigenvalue weighted by Crippen LogP contribution is -1.95. The predicted molar refractivity (Wildman–Crippen MR) is 62.0 cm³/mol. The highest BCUT2D eigenvalue weighted by Gasteiger charge is 2.04. The quantitative estimate of drug-likeness (QED) is 0.856. The molecule has 0 aliphatic heterocycles. The summed E-state index contributed by atoms with van der Waals surface area (Å²) in [6.45, 7) is 2.42. The Kier molecular flexibility index (Phi) is 4.37. The van der Waals surface area contributed by atoms with Crippen LogP contribution in [0.25, 0.3) is 6.08 Å². The van der Waals surface area contributed by atoms with Crippen LogP contribution in [-0.2, 0) is 4.79 Å². The van der Waals surface area contributed by atoms with Gasteiger partial charge in [0.15, 0.2) is 0 Å². The Labute approximate surface area is 96.5 Å². The summed E-state index contributed by atoms with van der Waals surface area (Å²) in [6.07, 6.45) is 2.60. The van der Waals surface area contributed by atoms with Gasteiger partial charge in [0.25, 0.3) is 0 Å². The van der Waals surface area contributed by atoms with Gasteiger partial charge in [-0.3, -0.25) is 0 Å². The molecule has 0 fully saturated rings. The monoisotopic (exact) mass is 270 g/mol. The number of halogens is 1. The summed E-state index contributed by atoms with van der Waals surface area (Å²) in [7, 11) is 0. The van der Waals surface area contributed by atoms with Gasteiger partial charge in [-0.1, -0.05) is 12.1 Å². The van der Waals surface area contributed by atoms with Gasteiger partial charge in [0.05, 0.1) is 11.1 Å². The maximum absolute atomic E-state index is 10.4. The van der Waals surface area contributed by atoms with E-state index in [9.17, 15) is 4.79 Å². The summed E-state index contributed by atoms with van der Waals surface area (Å²) in [5.74, 6) is -0.310. The van der Waals surface area contributed by atoms with E-state index in [4.69, 9.17) is 9.84 Å². The summed E-state index contributed by atoms with van der Waals surface area (Å²) in [5, 5.41) is 8.53. The van der Waals surface area contributed by atoms with E-state index in [1.807, 2.05) is 19.1 Å². The summed E-state index contributed by atoms with van der Waals surface area (Å²) >= 11 is 3.35. The van der Waals surface area contributed by atoms with Gasteiger partial charge in [-0.15, -0.1) is 0 Å². The number of benzene rings is 1. The second kappa shape index (κ2) is 5.56. The number of ether oxygens (including phenoxy) is 1. The van der Waals surface area contributed by atoms with Gasteiger partial charge in [-0.05, 0) is 35.0 Å². The highest BCUT2D eigenvalue weighted by atomic mass is 79.9. The van der Waals surface area contributed by atoms with Crippen LogP contribution >= 0.6 is 15.9 Å². The number of rotatable bonds is 4. The van der Waals surface area contributed by atoms with Crippen molar-refractivity contribution in [1.82, 2.24) is 0 Å². The van der Waals surface area contributed by atoms with E-state index in [1.54, 1.807) is 6.07 Å². The molecule has 80 valence electrons. The largest absolute Gasteiger partial charge is 0.492 e. The Morgan fingerprint density at radius 3 is 2.93 bits per heavy atom. The second-order valence-corrected chi connectivity index (χ2v) is 3.62. The van der Waals surface area contributed by atoms with Crippen molar-refractivity contribution in [3.05, 3.63) is 34.3 Å². The normalized spacial score (nSPS) is 10.5. The fourth-order valence-corrected chi connectivity index (χ4v) is 1.61. The van der Waals surface area contributed by atoms with Gasteiger partial charge in [-0.2, -0.15) is 0 Å². The van der Waals surface area contributed by atoms with Crippen LogP contribution in [-0.4, -0.2) is 17.7 Å². The molecule has 1 aromatic rings. The van der Waals surface area contributed by atoms with Crippen LogP contribution in [0.5, 0.6) is 5.75 Å². The summed E-state index contributed by atoms with van der Waals surface area (Å²) in [6, 6.07) is 5.48. The zero-order chi connectivity index (χ0) is 11.3. The average Bonchev–Trinajstić information content (AvgIpc) is 2.19. The average molecular weight is 271 g/mol. The van der Waals surface area contributed by atoms with Gasteiger partial charge in [0.2, 0.25) is 0 Å². The second-order valence-electron chi connectivity index (χ2n) is 2.76. The Bertz CT molecular complexity index is 385. The number of carboxylic acid groups (broad SMARTS) is 1. The fraction of sp³-hybridized carbons (Fsp3) is 0.182. The molecule has 0 amide bonds. The van der Waals surface area contributed by atoms with Crippen LogP contribution in [0.4, 0.5) is 0 Å². The van der Waals surface area contributed by atoms with Crippen molar-refractivity contribution in [2.75, 3.05) is 6.61 Å². The molecule has 0 aromatic heterocycles. The van der Waals surface area contributed by atoms with E-state index < -0.39 is 5.97 Å². The minimum Gasteiger partial charge on any atom is -0.492 e. The van der Waals surface area contributed by atoms with Gasteiger partial charge in [-0.25, -0.2) is 4.79 Å². The molecule has 3 nitrogen and oxygen atoms in total. The van der Waals surface area contributed by atoms with Crippen LogP contribution in [0.2, 0.25) is 0 Å². The molecule has 0 saturated heterocycles. The molecule has 0 spiro atoms. The van der Waals surface area contributed by atoms with Crippen LogP contribution in [0.15, 0.2) is 28.7 Å². The topological polar surface area (TPSA) is 46.5 Å². The van der Waals surface area contributed by atoms with E-state index in [2.05, 4.69) is 15.9 Å². The minimum atomic E-state index is -0.975. The fourth-order valence-electron chi connectivity index (χ4n) is 1.11. The standard InChI is InChI=1S/C11H11BrO3/c1-2-15-11-8(6-7-10(13)14)4-3-5-9(11)12/h3-7H,2H2,1H3,(H,13,14). The van der Waals surface area contributed by atoms with Crippen molar-refractivity contribution in [2.45, 2.75) is 6.92 Å². The molecule has 15 heavy (non-hydrogen) atoms. The first-order valence-electron chi connectivity index (χ1n) is 4.47. The molecule has 0 saturated carbocycles. The third kappa shape index (κ3) is 3.40. The van der Waals surface area contributed by atoms with Crippen molar-refractivity contribution in [3.63, 3.8) is 0 Å². The lowest BCUT2D eigenvalue weighted by atomic mass is 10.2. The Morgan fingerprint density at radius 1 is 1.60 bits per heavy atom. The summed E-state index contributed by atoms with van der Waals surface area (Å²) in [4.78, 5) is 10.4. The predicted octanol–water partition coefficient (Wildman–Crippen LogP) is 2.95. The minimum absolute atomic E-state index is 0.538.